The number of benzene rings is 2. The molecular weight excluding hydrogens is 266 g/mol. The van der Waals surface area contributed by atoms with Gasteiger partial charge in [-0.3, -0.25) is 5.32 Å². The number of methoxy groups -OCH3 is 1. The Hall–Kier alpha value is -1.88. The average Bonchev–Trinajstić information content (AvgIpc) is 2.53. The average molecular weight is 285 g/mol. The maximum Gasteiger partial charge on any atom is 0.132 e. The van der Waals surface area contributed by atoms with E-state index in [1.807, 2.05) is 48.5 Å². The number of nitrogens with one attached hydrogen (secondary N) is 1. The molecule has 21 heavy (non-hydrogen) atoms. The largest absolute Gasteiger partial charge is 0.457 e. The number of fused-ring (bicyclic) bond motifs is 2. The third-order valence-electron chi connectivity index (χ3n) is 3.67. The van der Waals surface area contributed by atoms with Crippen LogP contribution in [0.5, 0.6) is 11.5 Å². The van der Waals surface area contributed by atoms with Crippen LogP contribution >= 0.6 is 0 Å². The zero-order chi connectivity index (χ0) is 14.7. The van der Waals surface area contributed by atoms with Crippen molar-refractivity contribution in [1.29, 1.82) is 0 Å². The Morgan fingerprint density at radius 2 is 1.67 bits per heavy atom. The van der Waals surface area contributed by atoms with Crippen LogP contribution in [0.2, 0.25) is 0 Å². The molecule has 4 nitrogen and oxygen atoms in total. The smallest absolute Gasteiger partial charge is 0.132 e. The number of rotatable bonds is 5. The predicted molar refractivity (Wildman–Crippen MR) is 80.7 cm³/mol. The van der Waals surface area contributed by atoms with Gasteiger partial charge in [0.15, 0.2) is 0 Å². The van der Waals surface area contributed by atoms with Crippen molar-refractivity contribution in [3.05, 3.63) is 59.7 Å². The van der Waals surface area contributed by atoms with E-state index in [4.69, 9.17) is 9.47 Å². The first kappa shape index (κ1) is 14.1. The number of hydrogen-bond donors (Lipinski definition) is 2. The van der Waals surface area contributed by atoms with Crippen LogP contribution in [0.4, 0.5) is 0 Å². The summed E-state index contributed by atoms with van der Waals surface area (Å²) in [5.74, 6) is 1.70. The van der Waals surface area contributed by atoms with E-state index in [9.17, 15) is 5.11 Å². The van der Waals surface area contributed by atoms with Gasteiger partial charge in [-0.2, -0.15) is 0 Å². The summed E-state index contributed by atoms with van der Waals surface area (Å²) in [6, 6.07) is 15.8. The molecular formula is C17H19NO3. The molecule has 0 fully saturated rings. The molecule has 0 bridgehead atoms. The Bertz CT molecular complexity index is 569. The summed E-state index contributed by atoms with van der Waals surface area (Å²) >= 11 is 0. The maximum absolute atomic E-state index is 9.51. The third-order valence-corrected chi connectivity index (χ3v) is 3.67. The van der Waals surface area contributed by atoms with E-state index in [0.29, 0.717) is 6.61 Å². The van der Waals surface area contributed by atoms with Crippen molar-refractivity contribution in [2.45, 2.75) is 12.1 Å². The maximum atomic E-state index is 9.51. The SMILES string of the molecule is COCC(CO)NC1c2ccccc2Oc2ccccc21. The van der Waals surface area contributed by atoms with Gasteiger partial charge >= 0.3 is 0 Å². The van der Waals surface area contributed by atoms with Crippen LogP contribution in [0.15, 0.2) is 48.5 Å². The van der Waals surface area contributed by atoms with Crippen LogP contribution in [0.3, 0.4) is 0 Å². The molecule has 1 unspecified atom stereocenters. The van der Waals surface area contributed by atoms with Crippen LogP contribution in [0.25, 0.3) is 0 Å². The van der Waals surface area contributed by atoms with E-state index < -0.39 is 0 Å². The van der Waals surface area contributed by atoms with Crippen molar-refractivity contribution in [1.82, 2.24) is 5.32 Å². The second-order valence-corrected chi connectivity index (χ2v) is 5.11. The number of ether oxygens (including phenoxy) is 2. The van der Waals surface area contributed by atoms with Crippen molar-refractivity contribution in [2.24, 2.45) is 0 Å². The molecule has 1 atom stereocenters. The fraction of sp³-hybridized carbons (Fsp3) is 0.294. The molecule has 0 radical (unpaired) electrons. The molecule has 1 heterocycles. The van der Waals surface area contributed by atoms with Gasteiger partial charge in [-0.1, -0.05) is 36.4 Å². The molecule has 2 aromatic rings. The van der Waals surface area contributed by atoms with E-state index in [1.165, 1.54) is 0 Å². The zero-order valence-corrected chi connectivity index (χ0v) is 12.0. The van der Waals surface area contributed by atoms with Gasteiger partial charge in [0.2, 0.25) is 0 Å². The molecule has 0 aliphatic carbocycles. The topological polar surface area (TPSA) is 50.7 Å². The Morgan fingerprint density at radius 3 is 2.19 bits per heavy atom. The minimum Gasteiger partial charge on any atom is -0.457 e. The van der Waals surface area contributed by atoms with Crippen molar-refractivity contribution >= 4 is 0 Å². The van der Waals surface area contributed by atoms with E-state index in [0.717, 1.165) is 22.6 Å². The Labute approximate surface area is 124 Å². The van der Waals surface area contributed by atoms with Crippen LogP contribution in [-0.2, 0) is 4.74 Å². The zero-order valence-electron chi connectivity index (χ0n) is 12.0. The van der Waals surface area contributed by atoms with Crippen molar-refractivity contribution in [3.63, 3.8) is 0 Å². The van der Waals surface area contributed by atoms with E-state index in [1.54, 1.807) is 7.11 Å². The summed E-state index contributed by atoms with van der Waals surface area (Å²) in [4.78, 5) is 0. The van der Waals surface area contributed by atoms with Crippen molar-refractivity contribution < 1.29 is 14.6 Å². The highest BCUT2D eigenvalue weighted by Gasteiger charge is 2.28. The number of aliphatic hydroxyl groups excluding tert-OH is 1. The molecule has 2 aromatic carbocycles. The first-order valence-corrected chi connectivity index (χ1v) is 7.05. The highest BCUT2D eigenvalue weighted by molar-refractivity contribution is 5.52. The lowest BCUT2D eigenvalue weighted by Gasteiger charge is -2.31. The van der Waals surface area contributed by atoms with E-state index >= 15 is 0 Å². The summed E-state index contributed by atoms with van der Waals surface area (Å²) in [6.45, 7) is 0.480. The quantitative estimate of drug-likeness (QED) is 0.886. The van der Waals surface area contributed by atoms with Crippen molar-refractivity contribution in [3.8, 4) is 11.5 Å². The summed E-state index contributed by atoms with van der Waals surface area (Å²) in [7, 11) is 1.64. The number of aliphatic hydroxyl groups is 1. The molecule has 0 saturated carbocycles. The first-order valence-electron chi connectivity index (χ1n) is 7.05. The van der Waals surface area contributed by atoms with Gasteiger partial charge in [0.1, 0.15) is 11.5 Å². The third kappa shape index (κ3) is 2.78. The van der Waals surface area contributed by atoms with Gasteiger partial charge in [0.05, 0.1) is 25.3 Å². The Morgan fingerprint density at radius 1 is 1.10 bits per heavy atom. The molecule has 3 rings (SSSR count). The number of para-hydroxylation sites is 2. The minimum absolute atomic E-state index is 0.0153. The van der Waals surface area contributed by atoms with Crippen LogP contribution in [0, 0.1) is 0 Å². The van der Waals surface area contributed by atoms with E-state index in [2.05, 4.69) is 5.32 Å². The molecule has 0 aromatic heterocycles. The summed E-state index contributed by atoms with van der Waals surface area (Å²) in [5.41, 5.74) is 2.15. The van der Waals surface area contributed by atoms with Gasteiger partial charge in [-0.15, -0.1) is 0 Å². The second-order valence-electron chi connectivity index (χ2n) is 5.11. The molecule has 0 saturated heterocycles. The summed E-state index contributed by atoms with van der Waals surface area (Å²) < 4.78 is 11.1. The molecule has 4 heteroatoms. The normalized spacial score (nSPS) is 15.0. The van der Waals surface area contributed by atoms with Gasteiger partial charge in [0.25, 0.3) is 0 Å². The molecule has 0 amide bonds. The highest BCUT2D eigenvalue weighted by atomic mass is 16.5. The number of hydrogen-bond acceptors (Lipinski definition) is 4. The van der Waals surface area contributed by atoms with Crippen LogP contribution in [-0.4, -0.2) is 31.5 Å². The monoisotopic (exact) mass is 285 g/mol. The molecule has 1 aliphatic heterocycles. The van der Waals surface area contributed by atoms with Crippen molar-refractivity contribution in [2.75, 3.05) is 20.3 Å². The second kappa shape index (κ2) is 6.26. The first-order chi connectivity index (χ1) is 10.3. The molecule has 0 spiro atoms. The van der Waals surface area contributed by atoms with Gasteiger partial charge < -0.3 is 14.6 Å². The highest BCUT2D eigenvalue weighted by Crippen LogP contribution is 2.42. The lowest BCUT2D eigenvalue weighted by molar-refractivity contribution is 0.124. The van der Waals surface area contributed by atoms with E-state index in [-0.39, 0.29) is 18.7 Å². The fourth-order valence-electron chi connectivity index (χ4n) is 2.68. The van der Waals surface area contributed by atoms with Crippen LogP contribution in [0.1, 0.15) is 17.2 Å². The minimum atomic E-state index is -0.126. The summed E-state index contributed by atoms with van der Waals surface area (Å²) in [5, 5.41) is 13.0. The summed E-state index contributed by atoms with van der Waals surface area (Å²) in [6.07, 6.45) is 0. The van der Waals surface area contributed by atoms with Gasteiger partial charge in [-0.05, 0) is 12.1 Å². The predicted octanol–water partition coefficient (Wildman–Crippen LogP) is 2.48. The Kier molecular flexibility index (Phi) is 4.20. The lowest BCUT2D eigenvalue weighted by Crippen LogP contribution is -2.40. The van der Waals surface area contributed by atoms with Crippen LogP contribution < -0.4 is 10.1 Å². The molecule has 1 aliphatic rings. The van der Waals surface area contributed by atoms with Gasteiger partial charge in [-0.25, -0.2) is 0 Å². The van der Waals surface area contributed by atoms with Gasteiger partial charge in [0, 0.05) is 18.2 Å². The molecule has 110 valence electrons. The lowest BCUT2D eigenvalue weighted by atomic mass is 9.94. The Balaban J connectivity index is 1.98. The fourth-order valence-corrected chi connectivity index (χ4v) is 2.68. The molecule has 2 N–H and O–H groups in total. The standard InChI is InChI=1S/C17H19NO3/c1-20-11-12(10-19)18-17-13-6-2-4-8-15(13)21-16-9-5-3-7-14(16)17/h2-9,12,17-19H,10-11H2,1H3.